The quantitative estimate of drug-likeness (QED) is 0.819. The molecule has 0 aromatic carbocycles. The van der Waals surface area contributed by atoms with Crippen LogP contribution in [0, 0.1) is 6.92 Å². The molecule has 1 aromatic rings. The summed E-state index contributed by atoms with van der Waals surface area (Å²) in [6, 6.07) is 0. The van der Waals surface area contributed by atoms with Crippen molar-refractivity contribution in [3.05, 3.63) is 15.8 Å². The fourth-order valence-electron chi connectivity index (χ4n) is 1.31. The lowest BCUT2D eigenvalue weighted by Gasteiger charge is -2.06. The van der Waals surface area contributed by atoms with E-state index in [1.54, 1.807) is 0 Å². The number of aryl methyl sites for hydroxylation is 1. The number of hydrogen-bond donors (Lipinski definition) is 2. The van der Waals surface area contributed by atoms with Gasteiger partial charge in [0.05, 0.1) is 0 Å². The average Bonchev–Trinajstić information content (AvgIpc) is 2.57. The predicted octanol–water partition coefficient (Wildman–Crippen LogP) is 1.07. The molecular formula is C9H16N2O2S2. The molecule has 0 fully saturated rings. The number of hydrogen-bond acceptors (Lipinski definition) is 4. The zero-order valence-electron chi connectivity index (χ0n) is 9.12. The number of nitrogens with one attached hydrogen (secondary N) is 2. The first kappa shape index (κ1) is 12.6. The zero-order valence-corrected chi connectivity index (χ0v) is 10.8. The third-order valence-corrected chi connectivity index (χ3v) is 4.94. The van der Waals surface area contributed by atoms with E-state index in [-0.39, 0.29) is 0 Å². The summed E-state index contributed by atoms with van der Waals surface area (Å²) in [5.41, 5.74) is 0.808. The lowest BCUT2D eigenvalue weighted by Crippen LogP contribution is -2.21. The van der Waals surface area contributed by atoms with E-state index >= 15 is 0 Å². The van der Waals surface area contributed by atoms with Gasteiger partial charge >= 0.3 is 0 Å². The van der Waals surface area contributed by atoms with E-state index in [1.165, 1.54) is 18.4 Å². The van der Waals surface area contributed by atoms with Gasteiger partial charge in [0.15, 0.2) is 0 Å². The Hall–Kier alpha value is -0.430. The van der Waals surface area contributed by atoms with Crippen molar-refractivity contribution in [3.8, 4) is 0 Å². The summed E-state index contributed by atoms with van der Waals surface area (Å²) in [5.74, 6) is 0. The Bertz CT molecular complexity index is 423. The first-order valence-corrected chi connectivity index (χ1v) is 7.10. The lowest BCUT2D eigenvalue weighted by molar-refractivity contribution is 0.586. The minimum absolute atomic E-state index is 0.427. The Kier molecular flexibility index (Phi) is 4.27. The van der Waals surface area contributed by atoms with Gasteiger partial charge in [-0.05, 0) is 31.5 Å². The molecule has 15 heavy (non-hydrogen) atoms. The van der Waals surface area contributed by atoms with E-state index in [0.717, 1.165) is 17.0 Å². The van der Waals surface area contributed by atoms with Gasteiger partial charge < -0.3 is 5.32 Å². The molecule has 0 spiro atoms. The van der Waals surface area contributed by atoms with Crippen molar-refractivity contribution < 1.29 is 8.42 Å². The molecule has 0 saturated carbocycles. The summed E-state index contributed by atoms with van der Waals surface area (Å²) < 4.78 is 25.8. The molecule has 0 saturated heterocycles. The highest BCUT2D eigenvalue weighted by Gasteiger charge is 2.20. The summed E-state index contributed by atoms with van der Waals surface area (Å²) in [6.07, 6.45) is 0. The van der Waals surface area contributed by atoms with E-state index in [2.05, 4.69) is 10.0 Å². The monoisotopic (exact) mass is 248 g/mol. The van der Waals surface area contributed by atoms with Crippen molar-refractivity contribution in [1.29, 1.82) is 0 Å². The van der Waals surface area contributed by atoms with Crippen molar-refractivity contribution in [3.63, 3.8) is 0 Å². The Morgan fingerprint density at radius 3 is 2.67 bits per heavy atom. The molecule has 0 aliphatic rings. The van der Waals surface area contributed by atoms with Gasteiger partial charge in [0, 0.05) is 11.4 Å². The fraction of sp³-hybridized carbons (Fsp3) is 0.556. The Morgan fingerprint density at radius 2 is 2.13 bits per heavy atom. The predicted molar refractivity (Wildman–Crippen MR) is 62.7 cm³/mol. The maximum absolute atomic E-state index is 11.7. The van der Waals surface area contributed by atoms with Gasteiger partial charge in [-0.2, -0.15) is 0 Å². The van der Waals surface area contributed by atoms with Crippen molar-refractivity contribution in [2.75, 3.05) is 13.6 Å². The first-order valence-electron chi connectivity index (χ1n) is 4.74. The molecule has 4 nitrogen and oxygen atoms in total. The number of rotatable bonds is 5. The third-order valence-electron chi connectivity index (χ3n) is 2.06. The van der Waals surface area contributed by atoms with Crippen molar-refractivity contribution in [2.45, 2.75) is 25.3 Å². The molecule has 6 heteroatoms. The van der Waals surface area contributed by atoms with Crippen LogP contribution in [0.1, 0.15) is 17.4 Å². The highest BCUT2D eigenvalue weighted by atomic mass is 32.2. The summed E-state index contributed by atoms with van der Waals surface area (Å²) in [6.45, 7) is 5.24. The Balaban J connectivity index is 3.10. The largest absolute Gasteiger partial charge is 0.312 e. The van der Waals surface area contributed by atoms with Crippen LogP contribution in [0.5, 0.6) is 0 Å². The zero-order chi connectivity index (χ0) is 11.5. The normalized spacial score (nSPS) is 11.9. The molecule has 1 rings (SSSR count). The molecule has 0 aliphatic heterocycles. The molecule has 2 N–H and O–H groups in total. The topological polar surface area (TPSA) is 58.2 Å². The van der Waals surface area contributed by atoms with Gasteiger partial charge in [-0.25, -0.2) is 13.1 Å². The maximum Gasteiger partial charge on any atom is 0.241 e. The van der Waals surface area contributed by atoms with Gasteiger partial charge in [0.2, 0.25) is 10.0 Å². The SMILES string of the molecule is CCNCc1scc(C)c1S(=O)(=O)NC. The molecule has 0 amide bonds. The van der Waals surface area contributed by atoms with E-state index < -0.39 is 10.0 Å². The van der Waals surface area contributed by atoms with Gasteiger partial charge in [-0.1, -0.05) is 6.92 Å². The minimum Gasteiger partial charge on any atom is -0.312 e. The fourth-order valence-corrected chi connectivity index (χ4v) is 3.81. The summed E-state index contributed by atoms with van der Waals surface area (Å²) in [4.78, 5) is 1.29. The van der Waals surface area contributed by atoms with Crippen LogP contribution in [-0.2, 0) is 16.6 Å². The molecular weight excluding hydrogens is 232 g/mol. The van der Waals surface area contributed by atoms with Crippen LogP contribution in [0.2, 0.25) is 0 Å². The molecule has 0 bridgehead atoms. The average molecular weight is 248 g/mol. The van der Waals surface area contributed by atoms with Crippen LogP contribution in [0.3, 0.4) is 0 Å². The Labute approximate surface area is 94.8 Å². The highest BCUT2D eigenvalue weighted by Crippen LogP contribution is 2.26. The number of thiophene rings is 1. The van der Waals surface area contributed by atoms with E-state index in [9.17, 15) is 8.42 Å². The minimum atomic E-state index is -3.33. The van der Waals surface area contributed by atoms with Crippen LogP contribution in [0.4, 0.5) is 0 Å². The first-order chi connectivity index (χ1) is 7.03. The van der Waals surface area contributed by atoms with Gasteiger partial charge in [-0.15, -0.1) is 11.3 Å². The lowest BCUT2D eigenvalue weighted by atomic mass is 10.3. The van der Waals surface area contributed by atoms with Crippen molar-refractivity contribution >= 4 is 21.4 Å². The van der Waals surface area contributed by atoms with E-state index in [1.807, 2.05) is 19.2 Å². The molecule has 0 atom stereocenters. The van der Waals surface area contributed by atoms with Crippen LogP contribution in [-0.4, -0.2) is 22.0 Å². The highest BCUT2D eigenvalue weighted by molar-refractivity contribution is 7.89. The summed E-state index contributed by atoms with van der Waals surface area (Å²) in [5, 5.41) is 5.00. The molecule has 86 valence electrons. The molecule has 0 aliphatic carbocycles. The summed E-state index contributed by atoms with van der Waals surface area (Å²) in [7, 11) is -1.89. The third kappa shape index (κ3) is 2.78. The van der Waals surface area contributed by atoms with Gasteiger partial charge in [-0.3, -0.25) is 0 Å². The second-order valence-electron chi connectivity index (χ2n) is 3.16. The van der Waals surface area contributed by atoms with Crippen LogP contribution >= 0.6 is 11.3 Å². The second-order valence-corrected chi connectivity index (χ2v) is 5.95. The molecule has 0 radical (unpaired) electrons. The van der Waals surface area contributed by atoms with Crippen molar-refractivity contribution in [2.24, 2.45) is 0 Å². The molecule has 1 heterocycles. The standard InChI is InChI=1S/C9H16N2O2S2/c1-4-11-5-8-9(7(2)6-14-8)15(12,13)10-3/h6,10-11H,4-5H2,1-3H3. The number of sulfonamides is 1. The maximum atomic E-state index is 11.7. The van der Waals surface area contributed by atoms with Crippen LogP contribution in [0.25, 0.3) is 0 Å². The van der Waals surface area contributed by atoms with Gasteiger partial charge in [0.1, 0.15) is 4.90 Å². The molecule has 0 unspecified atom stereocenters. The van der Waals surface area contributed by atoms with Crippen LogP contribution in [0.15, 0.2) is 10.3 Å². The van der Waals surface area contributed by atoms with Gasteiger partial charge in [0.25, 0.3) is 0 Å². The smallest absolute Gasteiger partial charge is 0.241 e. The second kappa shape index (κ2) is 5.07. The van der Waals surface area contributed by atoms with E-state index in [0.29, 0.717) is 11.4 Å². The molecule has 1 aromatic heterocycles. The van der Waals surface area contributed by atoms with Crippen molar-refractivity contribution in [1.82, 2.24) is 10.0 Å². The summed E-state index contributed by atoms with van der Waals surface area (Å²) >= 11 is 1.48. The van der Waals surface area contributed by atoms with Crippen LogP contribution < -0.4 is 10.0 Å². The van der Waals surface area contributed by atoms with E-state index in [4.69, 9.17) is 0 Å². The Morgan fingerprint density at radius 1 is 1.47 bits per heavy atom.